The monoisotopic (exact) mass is 414 g/mol. The van der Waals surface area contributed by atoms with Crippen molar-refractivity contribution in [2.75, 3.05) is 0 Å². The number of hydrogen-bond acceptors (Lipinski definition) is 4. The lowest BCUT2D eigenvalue weighted by Gasteiger charge is -2.40. The molecule has 0 saturated heterocycles. The van der Waals surface area contributed by atoms with E-state index in [4.69, 9.17) is 5.11 Å². The second kappa shape index (κ2) is 13.6. The maximum absolute atomic E-state index is 11.2. The molecule has 7 nitrogen and oxygen atoms in total. The van der Waals surface area contributed by atoms with Crippen molar-refractivity contribution in [3.63, 3.8) is 0 Å². The molecule has 0 bridgehead atoms. The standard InChI is InChI=1S/C22H38O7/c23-18-16-17(9-10-19(24)25)8-6-4-2-1-3-5-7-13-22(18,14-11-20(26)27)15-12-21(28)29/h17-18,23H,1-16H2,(H,24,25)(H,26,27)(H,28,29). The fourth-order valence-electron chi connectivity index (χ4n) is 4.65. The molecular formula is C22H38O7. The minimum atomic E-state index is -0.947. The second-order valence-corrected chi connectivity index (χ2v) is 8.71. The maximum Gasteiger partial charge on any atom is 0.303 e. The summed E-state index contributed by atoms with van der Waals surface area (Å²) in [6.07, 6.45) is 9.20. The van der Waals surface area contributed by atoms with Gasteiger partial charge < -0.3 is 20.4 Å². The third-order valence-corrected chi connectivity index (χ3v) is 6.49. The van der Waals surface area contributed by atoms with Gasteiger partial charge >= 0.3 is 17.9 Å². The van der Waals surface area contributed by atoms with Gasteiger partial charge in [-0.2, -0.15) is 0 Å². The minimum absolute atomic E-state index is 0.0502. The number of carboxylic acid groups (broad SMARTS) is 3. The normalized spacial score (nSPS) is 23.9. The van der Waals surface area contributed by atoms with Gasteiger partial charge in [-0.25, -0.2) is 0 Å². The van der Waals surface area contributed by atoms with Crippen molar-refractivity contribution in [2.45, 2.75) is 109 Å². The molecule has 29 heavy (non-hydrogen) atoms. The van der Waals surface area contributed by atoms with E-state index in [-0.39, 0.29) is 38.0 Å². The molecule has 1 rings (SSSR count). The number of carboxylic acids is 3. The number of aliphatic hydroxyl groups excluding tert-OH is 1. The largest absolute Gasteiger partial charge is 0.481 e. The van der Waals surface area contributed by atoms with Crippen LogP contribution in [0.3, 0.4) is 0 Å². The summed E-state index contributed by atoms with van der Waals surface area (Å²) >= 11 is 0. The summed E-state index contributed by atoms with van der Waals surface area (Å²) < 4.78 is 0. The van der Waals surface area contributed by atoms with Crippen molar-refractivity contribution in [1.82, 2.24) is 0 Å². The summed E-state index contributed by atoms with van der Waals surface area (Å²) in [6, 6.07) is 0. The Balaban J connectivity index is 3.04. The zero-order valence-electron chi connectivity index (χ0n) is 17.5. The Morgan fingerprint density at radius 3 is 1.72 bits per heavy atom. The number of aliphatic carboxylic acids is 3. The van der Waals surface area contributed by atoms with Gasteiger partial charge in [-0.05, 0) is 43.4 Å². The summed E-state index contributed by atoms with van der Waals surface area (Å²) in [6.45, 7) is 0. The molecule has 0 spiro atoms. The molecule has 0 amide bonds. The van der Waals surface area contributed by atoms with E-state index in [2.05, 4.69) is 0 Å². The van der Waals surface area contributed by atoms with Crippen LogP contribution in [-0.2, 0) is 14.4 Å². The summed E-state index contributed by atoms with van der Waals surface area (Å²) in [5.74, 6) is -2.70. The Morgan fingerprint density at radius 1 is 0.724 bits per heavy atom. The molecule has 1 fully saturated rings. The van der Waals surface area contributed by atoms with Gasteiger partial charge in [0.05, 0.1) is 6.10 Å². The third-order valence-electron chi connectivity index (χ3n) is 6.49. The lowest BCUT2D eigenvalue weighted by molar-refractivity contribution is -0.140. The predicted molar refractivity (Wildman–Crippen MR) is 109 cm³/mol. The van der Waals surface area contributed by atoms with Crippen LogP contribution in [0.2, 0.25) is 0 Å². The number of aliphatic hydroxyl groups is 1. The van der Waals surface area contributed by atoms with E-state index in [9.17, 15) is 29.7 Å². The van der Waals surface area contributed by atoms with Crippen LogP contribution < -0.4 is 0 Å². The first-order valence-electron chi connectivity index (χ1n) is 11.1. The fourth-order valence-corrected chi connectivity index (χ4v) is 4.65. The van der Waals surface area contributed by atoms with Crippen LogP contribution in [0.15, 0.2) is 0 Å². The molecule has 7 heteroatoms. The van der Waals surface area contributed by atoms with Gasteiger partial charge in [0.15, 0.2) is 0 Å². The maximum atomic E-state index is 11.2. The van der Waals surface area contributed by atoms with Gasteiger partial charge in [-0.15, -0.1) is 0 Å². The fraction of sp³-hybridized carbons (Fsp3) is 0.864. The van der Waals surface area contributed by atoms with Crippen molar-refractivity contribution in [3.05, 3.63) is 0 Å². The van der Waals surface area contributed by atoms with Crippen LogP contribution in [0.5, 0.6) is 0 Å². The Labute approximate surface area is 173 Å². The minimum Gasteiger partial charge on any atom is -0.481 e. The van der Waals surface area contributed by atoms with Crippen molar-refractivity contribution >= 4 is 17.9 Å². The molecule has 0 aromatic rings. The SMILES string of the molecule is O=C(O)CCC1CCCCCCCCCC(CCC(=O)O)(CCC(=O)O)C(O)C1. The first-order chi connectivity index (χ1) is 13.7. The number of rotatable bonds is 9. The Morgan fingerprint density at radius 2 is 1.21 bits per heavy atom. The van der Waals surface area contributed by atoms with Crippen LogP contribution in [-0.4, -0.2) is 44.4 Å². The zero-order valence-corrected chi connectivity index (χ0v) is 17.5. The van der Waals surface area contributed by atoms with Gasteiger partial charge in [0.25, 0.3) is 0 Å². The van der Waals surface area contributed by atoms with E-state index in [0.717, 1.165) is 51.4 Å². The number of hydrogen-bond donors (Lipinski definition) is 4. The summed E-state index contributed by atoms with van der Waals surface area (Å²) in [5.41, 5.74) is -0.744. The van der Waals surface area contributed by atoms with Crippen molar-refractivity contribution in [1.29, 1.82) is 0 Å². The highest BCUT2D eigenvalue weighted by Crippen LogP contribution is 2.43. The second-order valence-electron chi connectivity index (χ2n) is 8.71. The molecule has 0 aromatic carbocycles. The summed E-state index contributed by atoms with van der Waals surface area (Å²) in [4.78, 5) is 33.5. The van der Waals surface area contributed by atoms with E-state index in [1.807, 2.05) is 0 Å². The quantitative estimate of drug-likeness (QED) is 0.438. The lowest BCUT2D eigenvalue weighted by atomic mass is 9.68. The molecule has 2 atom stereocenters. The summed E-state index contributed by atoms with van der Waals surface area (Å²) in [7, 11) is 0. The Hall–Kier alpha value is -1.63. The van der Waals surface area contributed by atoms with Crippen molar-refractivity contribution < 1.29 is 34.8 Å². The summed E-state index contributed by atoms with van der Waals surface area (Å²) in [5, 5.41) is 38.7. The van der Waals surface area contributed by atoms with E-state index in [1.165, 1.54) is 0 Å². The molecule has 1 aliphatic carbocycles. The smallest absolute Gasteiger partial charge is 0.303 e. The molecule has 1 saturated carbocycles. The van der Waals surface area contributed by atoms with Crippen molar-refractivity contribution in [2.24, 2.45) is 11.3 Å². The Bertz CT molecular complexity index is 499. The highest BCUT2D eigenvalue weighted by molar-refractivity contribution is 5.67. The van der Waals surface area contributed by atoms with Crippen molar-refractivity contribution in [3.8, 4) is 0 Å². The highest BCUT2D eigenvalue weighted by atomic mass is 16.4. The van der Waals surface area contributed by atoms with Crippen LogP contribution >= 0.6 is 0 Å². The van der Waals surface area contributed by atoms with E-state index >= 15 is 0 Å². The zero-order chi connectivity index (χ0) is 21.7. The van der Waals surface area contributed by atoms with E-state index in [0.29, 0.717) is 19.3 Å². The molecule has 168 valence electrons. The van der Waals surface area contributed by atoms with Gasteiger partial charge in [-0.1, -0.05) is 51.4 Å². The Kier molecular flexibility index (Phi) is 11.9. The molecule has 0 aromatic heterocycles. The van der Waals surface area contributed by atoms with E-state index < -0.39 is 29.4 Å². The van der Waals surface area contributed by atoms with Gasteiger partial charge in [0.1, 0.15) is 0 Å². The van der Waals surface area contributed by atoms with Crippen LogP contribution in [0.25, 0.3) is 0 Å². The van der Waals surface area contributed by atoms with Gasteiger partial charge in [-0.3, -0.25) is 14.4 Å². The molecule has 4 N–H and O–H groups in total. The van der Waals surface area contributed by atoms with E-state index in [1.54, 1.807) is 0 Å². The van der Waals surface area contributed by atoms with Gasteiger partial charge in [0, 0.05) is 19.3 Å². The predicted octanol–water partition coefficient (Wildman–Crippen LogP) is 4.46. The van der Waals surface area contributed by atoms with Crippen LogP contribution in [0.4, 0.5) is 0 Å². The molecule has 1 aliphatic rings. The average molecular weight is 415 g/mol. The topological polar surface area (TPSA) is 132 Å². The number of carbonyl (C=O) groups is 3. The third kappa shape index (κ3) is 10.6. The average Bonchev–Trinajstić information content (AvgIpc) is 2.66. The first kappa shape index (κ1) is 25.4. The van der Waals surface area contributed by atoms with Crippen LogP contribution in [0.1, 0.15) is 103 Å². The highest BCUT2D eigenvalue weighted by Gasteiger charge is 2.39. The molecule has 2 unspecified atom stereocenters. The van der Waals surface area contributed by atoms with Gasteiger partial charge in [0.2, 0.25) is 0 Å². The molecule has 0 heterocycles. The van der Waals surface area contributed by atoms with Crippen LogP contribution in [0, 0.1) is 11.3 Å². The molecule has 0 aliphatic heterocycles. The molecular weight excluding hydrogens is 376 g/mol. The molecule has 0 radical (unpaired) electrons. The lowest BCUT2D eigenvalue weighted by Crippen LogP contribution is -2.38. The first-order valence-corrected chi connectivity index (χ1v) is 11.1.